The predicted molar refractivity (Wildman–Crippen MR) is 135 cm³/mol. The maximum atomic E-state index is 11.9. The molecule has 0 fully saturated rings. The van der Waals surface area contributed by atoms with E-state index < -0.39 is 5.60 Å². The van der Waals surface area contributed by atoms with Crippen molar-refractivity contribution < 1.29 is 14.3 Å². The second kappa shape index (κ2) is 9.07. The average Bonchev–Trinajstić information content (AvgIpc) is 3.41. The summed E-state index contributed by atoms with van der Waals surface area (Å²) in [5, 5.41) is 20.5. The number of rotatable bonds is 5. The zero-order valence-corrected chi connectivity index (χ0v) is 21.1. The number of ether oxygens (including phenoxy) is 2. The molecule has 5 heterocycles. The monoisotopic (exact) mass is 502 g/mol. The highest BCUT2D eigenvalue weighted by molar-refractivity contribution is 5.88. The number of anilines is 3. The molecule has 2 amide bonds. The summed E-state index contributed by atoms with van der Waals surface area (Å²) >= 11 is 0. The van der Waals surface area contributed by atoms with E-state index >= 15 is 0 Å². The molecule has 0 bridgehead atoms. The van der Waals surface area contributed by atoms with Gasteiger partial charge in [0.05, 0.1) is 25.0 Å². The first-order valence-electron chi connectivity index (χ1n) is 11.5. The number of hydrogen-bond acceptors (Lipinski definition) is 9. The minimum atomic E-state index is -0.443. The van der Waals surface area contributed by atoms with Crippen molar-refractivity contribution in [3.05, 3.63) is 41.9 Å². The molecule has 0 unspecified atom stereocenters. The number of carbonyl (C=O) groups is 1. The predicted octanol–water partition coefficient (Wildman–Crippen LogP) is 3.33. The van der Waals surface area contributed by atoms with Crippen LogP contribution in [0, 0.1) is 11.3 Å². The highest BCUT2D eigenvalue weighted by Crippen LogP contribution is 2.33. The van der Waals surface area contributed by atoms with Crippen molar-refractivity contribution in [2.75, 3.05) is 31.3 Å². The SMILES string of the molecule is CN(C)C(=O)Nc1cc(Oc2cnc3nc(Nc4cc5n(n4)CCOC5(C)C)n(C)c3c2C#N)ccn1. The lowest BCUT2D eigenvalue weighted by Gasteiger charge is -2.30. The molecule has 0 saturated heterocycles. The normalized spacial score (nSPS) is 14.1. The van der Waals surface area contributed by atoms with Crippen molar-refractivity contribution in [1.82, 2.24) is 34.2 Å². The molecular formula is C24H26N10O3. The molecule has 13 heteroatoms. The van der Waals surface area contributed by atoms with E-state index in [9.17, 15) is 10.1 Å². The molecule has 190 valence electrons. The zero-order chi connectivity index (χ0) is 26.3. The van der Waals surface area contributed by atoms with Crippen molar-refractivity contribution in [1.29, 1.82) is 5.26 Å². The van der Waals surface area contributed by atoms with Gasteiger partial charge in [0.25, 0.3) is 0 Å². The largest absolute Gasteiger partial charge is 0.454 e. The molecule has 37 heavy (non-hydrogen) atoms. The third-order valence-corrected chi connectivity index (χ3v) is 5.98. The van der Waals surface area contributed by atoms with Gasteiger partial charge in [0.1, 0.15) is 34.3 Å². The molecule has 4 aromatic heterocycles. The lowest BCUT2D eigenvalue weighted by Crippen LogP contribution is -2.33. The Hall–Kier alpha value is -4.70. The van der Waals surface area contributed by atoms with Gasteiger partial charge in [-0.2, -0.15) is 15.3 Å². The van der Waals surface area contributed by atoms with E-state index in [0.717, 1.165) is 5.69 Å². The fraction of sp³-hybridized carbons (Fsp3) is 0.333. The molecule has 13 nitrogen and oxygen atoms in total. The third-order valence-electron chi connectivity index (χ3n) is 5.98. The minimum absolute atomic E-state index is 0.247. The summed E-state index contributed by atoms with van der Waals surface area (Å²) in [4.78, 5) is 26.4. The van der Waals surface area contributed by atoms with Crippen LogP contribution < -0.4 is 15.4 Å². The molecule has 1 aliphatic heterocycles. The number of nitrogens with one attached hydrogen (secondary N) is 2. The van der Waals surface area contributed by atoms with Crippen LogP contribution in [0.3, 0.4) is 0 Å². The quantitative estimate of drug-likeness (QED) is 0.419. The number of fused-ring (bicyclic) bond motifs is 2. The number of aromatic nitrogens is 6. The Bertz CT molecular complexity index is 1550. The third kappa shape index (κ3) is 4.50. The van der Waals surface area contributed by atoms with Crippen LogP contribution in [-0.4, -0.2) is 60.9 Å². The van der Waals surface area contributed by atoms with Crippen LogP contribution in [0.25, 0.3) is 11.2 Å². The molecule has 5 rings (SSSR count). The van der Waals surface area contributed by atoms with Gasteiger partial charge in [-0.3, -0.25) is 10.00 Å². The summed E-state index contributed by atoms with van der Waals surface area (Å²) in [6.07, 6.45) is 2.95. The number of urea groups is 1. The highest BCUT2D eigenvalue weighted by Gasteiger charge is 2.30. The van der Waals surface area contributed by atoms with Crippen LogP contribution in [0.1, 0.15) is 25.1 Å². The first-order chi connectivity index (χ1) is 17.7. The molecule has 0 aromatic carbocycles. The van der Waals surface area contributed by atoms with E-state index in [4.69, 9.17) is 9.47 Å². The van der Waals surface area contributed by atoms with E-state index in [1.807, 2.05) is 24.6 Å². The molecule has 0 aliphatic carbocycles. The molecule has 2 N–H and O–H groups in total. The molecule has 0 radical (unpaired) electrons. The van der Waals surface area contributed by atoms with Crippen molar-refractivity contribution in [3.8, 4) is 17.6 Å². The summed E-state index contributed by atoms with van der Waals surface area (Å²) < 4.78 is 15.5. The second-order valence-electron chi connectivity index (χ2n) is 9.20. The fourth-order valence-electron chi connectivity index (χ4n) is 4.05. The number of carbonyl (C=O) groups excluding carboxylic acids is 1. The lowest BCUT2D eigenvalue weighted by atomic mass is 10.0. The van der Waals surface area contributed by atoms with E-state index in [1.54, 1.807) is 37.8 Å². The number of amides is 2. The Morgan fingerprint density at radius 3 is 2.81 bits per heavy atom. The summed E-state index contributed by atoms with van der Waals surface area (Å²) in [5.74, 6) is 2.04. The zero-order valence-electron chi connectivity index (χ0n) is 21.1. The fourth-order valence-corrected chi connectivity index (χ4v) is 4.05. The number of pyridine rings is 2. The summed E-state index contributed by atoms with van der Waals surface area (Å²) in [7, 11) is 5.04. The molecule has 0 atom stereocenters. The van der Waals surface area contributed by atoms with Crippen LogP contribution >= 0.6 is 0 Å². The number of hydrogen-bond donors (Lipinski definition) is 2. The first-order valence-corrected chi connectivity index (χ1v) is 11.5. The smallest absolute Gasteiger partial charge is 0.322 e. The maximum absolute atomic E-state index is 11.9. The summed E-state index contributed by atoms with van der Waals surface area (Å²) in [6.45, 7) is 5.27. The molecule has 1 aliphatic rings. The van der Waals surface area contributed by atoms with Gasteiger partial charge in [0.2, 0.25) is 5.95 Å². The molecule has 0 spiro atoms. The standard InChI is InChI=1S/C24H26N10O3/c1-24(2)17-11-19(31-34(17)8-9-36-24)28-22-30-21-20(33(22)5)15(12-25)16(13-27-21)37-14-6-7-26-18(10-14)29-23(35)32(3)4/h6-7,10-11,13H,8-9H2,1-5H3,(H,26,29,35)(H,27,28,30,31). The van der Waals surface area contributed by atoms with E-state index in [-0.39, 0.29) is 17.3 Å². The van der Waals surface area contributed by atoms with Crippen LogP contribution in [0.2, 0.25) is 0 Å². The molecule has 0 saturated carbocycles. The Morgan fingerprint density at radius 1 is 1.27 bits per heavy atom. The minimum Gasteiger partial charge on any atom is -0.454 e. The number of nitriles is 1. The van der Waals surface area contributed by atoms with E-state index in [2.05, 4.69) is 36.8 Å². The van der Waals surface area contributed by atoms with Gasteiger partial charge in [-0.05, 0) is 19.9 Å². The van der Waals surface area contributed by atoms with Gasteiger partial charge >= 0.3 is 6.03 Å². The Balaban J connectivity index is 1.45. The van der Waals surface area contributed by atoms with Gasteiger partial charge in [-0.15, -0.1) is 0 Å². The number of imidazole rings is 1. The van der Waals surface area contributed by atoms with Crippen molar-refractivity contribution in [2.24, 2.45) is 7.05 Å². The van der Waals surface area contributed by atoms with Crippen molar-refractivity contribution >= 4 is 34.8 Å². The molecule has 4 aromatic rings. The van der Waals surface area contributed by atoms with Gasteiger partial charge < -0.3 is 24.3 Å². The lowest BCUT2D eigenvalue weighted by molar-refractivity contribution is -0.0532. The van der Waals surface area contributed by atoms with E-state index in [0.29, 0.717) is 47.6 Å². The average molecular weight is 503 g/mol. The highest BCUT2D eigenvalue weighted by atomic mass is 16.5. The second-order valence-corrected chi connectivity index (χ2v) is 9.20. The summed E-state index contributed by atoms with van der Waals surface area (Å²) in [5.41, 5.74) is 1.68. The maximum Gasteiger partial charge on any atom is 0.322 e. The Labute approximate surface area is 212 Å². The van der Waals surface area contributed by atoms with Crippen molar-refractivity contribution in [2.45, 2.75) is 26.0 Å². The van der Waals surface area contributed by atoms with E-state index in [1.165, 1.54) is 17.3 Å². The number of nitrogens with zero attached hydrogens (tertiary/aromatic N) is 8. The first kappa shape index (κ1) is 24.0. The van der Waals surface area contributed by atoms with Gasteiger partial charge in [0, 0.05) is 39.5 Å². The van der Waals surface area contributed by atoms with Gasteiger partial charge in [-0.25, -0.2) is 14.8 Å². The van der Waals surface area contributed by atoms with Crippen molar-refractivity contribution in [3.63, 3.8) is 0 Å². The van der Waals surface area contributed by atoms with Gasteiger partial charge in [0.15, 0.2) is 17.2 Å². The summed E-state index contributed by atoms with van der Waals surface area (Å²) in [6, 6.07) is 7.00. The van der Waals surface area contributed by atoms with Crippen LogP contribution in [0.4, 0.5) is 22.4 Å². The number of aryl methyl sites for hydroxylation is 1. The Kier molecular flexibility index (Phi) is 5.88. The topological polar surface area (TPSA) is 148 Å². The van der Waals surface area contributed by atoms with Gasteiger partial charge in [-0.1, -0.05) is 0 Å². The van der Waals surface area contributed by atoms with Crippen LogP contribution in [0.15, 0.2) is 30.6 Å². The van der Waals surface area contributed by atoms with Crippen LogP contribution in [0.5, 0.6) is 11.5 Å². The Morgan fingerprint density at radius 2 is 2.08 bits per heavy atom. The molecular weight excluding hydrogens is 476 g/mol. The van der Waals surface area contributed by atoms with Crippen LogP contribution in [-0.2, 0) is 23.9 Å².